The number of carboxylic acid groups (broad SMARTS) is 2. The standard InChI is InChI=1S/C21H35N5.2C3H6O2.Mn/c1-3-10-20-18(8-1)22-12-13-23-19-9-2-4-11-21(19)25-15-17-7-5-6-16(26-17)14-24-20;2*1-2-3(4)5;/h5-7,18-25H,1-4,8-15H2;2*2H2,1H3,(H,4,5);/p-2/t18-,19-,20-,21-;;;/m0.../s1. The number of nitrogens with one attached hydrogen (secondary N) is 4. The van der Waals surface area contributed by atoms with Crippen molar-refractivity contribution in [2.75, 3.05) is 13.1 Å². The smallest absolute Gasteiger partial charge is 0.0545 e. The van der Waals surface area contributed by atoms with E-state index in [9.17, 15) is 19.8 Å². The molecule has 2 saturated carbocycles. The molecule has 0 aromatic carbocycles. The number of hydrogen-bond acceptors (Lipinski definition) is 9. The van der Waals surface area contributed by atoms with Crippen LogP contribution in [0.4, 0.5) is 0 Å². The summed E-state index contributed by atoms with van der Waals surface area (Å²) in [4.78, 5) is 23.4. The van der Waals surface area contributed by atoms with Crippen LogP contribution in [0.15, 0.2) is 18.2 Å². The van der Waals surface area contributed by atoms with E-state index < -0.39 is 11.9 Å². The number of aromatic nitrogens is 1. The second-order valence-electron chi connectivity index (χ2n) is 9.74. The van der Waals surface area contributed by atoms with Gasteiger partial charge in [-0.1, -0.05) is 45.6 Å². The van der Waals surface area contributed by atoms with E-state index in [1.807, 2.05) is 0 Å². The first-order chi connectivity index (χ1) is 17.4. The van der Waals surface area contributed by atoms with E-state index in [4.69, 9.17) is 4.98 Å². The fraction of sp³-hybridized carbons (Fsp3) is 0.741. The zero-order chi connectivity index (χ0) is 26.2. The van der Waals surface area contributed by atoms with Gasteiger partial charge in [-0.2, -0.15) is 0 Å². The van der Waals surface area contributed by atoms with Gasteiger partial charge in [-0.25, -0.2) is 0 Å². The maximum absolute atomic E-state index is 9.26. The van der Waals surface area contributed by atoms with Gasteiger partial charge in [-0.3, -0.25) is 4.98 Å². The molecule has 10 heteroatoms. The Bertz CT molecular complexity index is 726. The molecule has 2 aliphatic carbocycles. The van der Waals surface area contributed by atoms with Crippen molar-refractivity contribution >= 4 is 11.9 Å². The van der Waals surface area contributed by atoms with Crippen LogP contribution >= 0.6 is 0 Å². The number of carbonyl (C=O) groups excluding carboxylic acids is 2. The Morgan fingerprint density at radius 3 is 1.38 bits per heavy atom. The molecule has 2 bridgehead atoms. The van der Waals surface area contributed by atoms with Gasteiger partial charge in [0.15, 0.2) is 0 Å². The maximum atomic E-state index is 9.26. The van der Waals surface area contributed by atoms with Gasteiger partial charge in [-0.15, -0.1) is 0 Å². The number of fused-ring (bicyclic) bond motifs is 4. The molecule has 1 radical (unpaired) electrons. The molecular weight excluding hydrogens is 513 g/mol. The summed E-state index contributed by atoms with van der Waals surface area (Å²) >= 11 is 0. The van der Waals surface area contributed by atoms with Gasteiger partial charge in [0.1, 0.15) is 0 Å². The zero-order valence-corrected chi connectivity index (χ0v) is 23.6. The van der Waals surface area contributed by atoms with Crippen molar-refractivity contribution in [3.8, 4) is 0 Å². The Labute approximate surface area is 232 Å². The van der Waals surface area contributed by atoms with E-state index in [1.165, 1.54) is 76.6 Å². The molecule has 0 unspecified atom stereocenters. The summed E-state index contributed by atoms with van der Waals surface area (Å²) < 4.78 is 0. The molecule has 4 N–H and O–H groups in total. The van der Waals surface area contributed by atoms with Crippen molar-refractivity contribution in [3.05, 3.63) is 29.6 Å². The van der Waals surface area contributed by atoms with Crippen LogP contribution in [0.2, 0.25) is 0 Å². The third-order valence-electron chi connectivity index (χ3n) is 7.00. The Hall–Kier alpha value is -1.55. The van der Waals surface area contributed by atoms with Crippen LogP contribution in [0, 0.1) is 0 Å². The number of hydrogen-bond donors (Lipinski definition) is 4. The average molecular weight is 559 g/mol. The first-order valence-corrected chi connectivity index (χ1v) is 13.7. The topological polar surface area (TPSA) is 141 Å². The van der Waals surface area contributed by atoms with Gasteiger partial charge < -0.3 is 41.1 Å². The van der Waals surface area contributed by atoms with Crippen molar-refractivity contribution in [2.24, 2.45) is 0 Å². The normalized spacial score (nSPS) is 25.9. The third kappa shape index (κ3) is 13.7. The van der Waals surface area contributed by atoms with Gasteiger partial charge in [0.2, 0.25) is 0 Å². The van der Waals surface area contributed by atoms with Crippen LogP contribution in [0.25, 0.3) is 0 Å². The predicted molar refractivity (Wildman–Crippen MR) is 137 cm³/mol. The maximum Gasteiger partial charge on any atom is 0.0545 e. The number of carboxylic acids is 2. The predicted octanol–water partition coefficient (Wildman–Crippen LogP) is 0.366. The van der Waals surface area contributed by atoms with Crippen LogP contribution in [-0.2, 0) is 39.7 Å². The molecule has 211 valence electrons. The molecule has 2 heterocycles. The zero-order valence-electron chi connectivity index (χ0n) is 22.4. The minimum Gasteiger partial charge on any atom is -0.550 e. The molecule has 3 aliphatic rings. The van der Waals surface area contributed by atoms with Crippen molar-refractivity contribution in [3.63, 3.8) is 0 Å². The van der Waals surface area contributed by atoms with Crippen LogP contribution in [-0.4, -0.2) is 54.2 Å². The third-order valence-corrected chi connectivity index (χ3v) is 7.00. The van der Waals surface area contributed by atoms with E-state index in [-0.39, 0.29) is 29.9 Å². The summed E-state index contributed by atoms with van der Waals surface area (Å²) in [6.07, 6.45) is 10.7. The van der Waals surface area contributed by atoms with Crippen LogP contribution in [0.3, 0.4) is 0 Å². The van der Waals surface area contributed by atoms with Gasteiger partial charge in [0, 0.05) is 79.4 Å². The van der Waals surface area contributed by atoms with Crippen molar-refractivity contribution in [1.82, 2.24) is 26.3 Å². The van der Waals surface area contributed by atoms with Crippen LogP contribution < -0.4 is 31.5 Å². The SMILES string of the molecule is CCC(=O)[O-].CCC(=O)[O-].[Mn].c1cc2nc(c1)CN[C@H]1CCCC[C@@H]1NCCN[C@H]1CCCC[C@@H]1NC2. The Morgan fingerprint density at radius 1 is 0.730 bits per heavy atom. The molecule has 2 fully saturated rings. The van der Waals surface area contributed by atoms with Gasteiger partial charge in [-0.05, 0) is 50.7 Å². The Balaban J connectivity index is 0.000000534. The Kier molecular flexibility index (Phi) is 17.7. The first kappa shape index (κ1) is 33.5. The van der Waals surface area contributed by atoms with Crippen LogP contribution in [0.1, 0.15) is 89.4 Å². The van der Waals surface area contributed by atoms with E-state index in [0.29, 0.717) is 24.2 Å². The largest absolute Gasteiger partial charge is 0.550 e. The summed E-state index contributed by atoms with van der Waals surface area (Å²) in [5.41, 5.74) is 2.34. The molecule has 0 amide bonds. The second kappa shape index (κ2) is 19.5. The Morgan fingerprint density at radius 2 is 1.05 bits per heavy atom. The minimum atomic E-state index is -0.995. The van der Waals surface area contributed by atoms with Crippen molar-refractivity contribution in [2.45, 2.75) is 115 Å². The molecule has 1 aromatic heterocycles. The van der Waals surface area contributed by atoms with Crippen molar-refractivity contribution in [1.29, 1.82) is 0 Å². The molecule has 4 rings (SSSR count). The summed E-state index contributed by atoms with van der Waals surface area (Å²) in [7, 11) is 0. The minimum absolute atomic E-state index is 0. The fourth-order valence-corrected chi connectivity index (χ4v) is 4.95. The number of rotatable bonds is 2. The molecule has 9 nitrogen and oxygen atoms in total. The fourth-order valence-electron chi connectivity index (χ4n) is 4.95. The molecule has 37 heavy (non-hydrogen) atoms. The molecule has 0 spiro atoms. The van der Waals surface area contributed by atoms with Gasteiger partial charge in [0.25, 0.3) is 0 Å². The first-order valence-electron chi connectivity index (χ1n) is 13.7. The monoisotopic (exact) mass is 558 g/mol. The molecule has 1 aromatic rings. The van der Waals surface area contributed by atoms with E-state index in [1.54, 1.807) is 0 Å². The van der Waals surface area contributed by atoms with E-state index >= 15 is 0 Å². The molecule has 0 saturated heterocycles. The summed E-state index contributed by atoms with van der Waals surface area (Å²) in [5, 5.41) is 33.7. The quantitative estimate of drug-likeness (QED) is 0.379. The molecule has 1 aliphatic heterocycles. The number of pyridine rings is 1. The summed E-state index contributed by atoms with van der Waals surface area (Å²) in [5.74, 6) is -1.99. The van der Waals surface area contributed by atoms with Gasteiger partial charge >= 0.3 is 0 Å². The number of carbonyl (C=O) groups is 2. The summed E-state index contributed by atoms with van der Waals surface area (Å²) in [6, 6.07) is 8.81. The van der Waals surface area contributed by atoms with E-state index in [0.717, 1.165) is 26.2 Å². The molecule has 4 atom stereocenters. The number of nitrogens with zero attached hydrogens (tertiary/aromatic N) is 1. The van der Waals surface area contributed by atoms with Gasteiger partial charge in [0.05, 0.1) is 11.4 Å². The summed E-state index contributed by atoms with van der Waals surface area (Å²) in [6.45, 7) is 6.96. The van der Waals surface area contributed by atoms with Crippen LogP contribution in [0.5, 0.6) is 0 Å². The average Bonchev–Trinajstić information content (AvgIpc) is 2.90. The van der Waals surface area contributed by atoms with E-state index in [2.05, 4.69) is 39.5 Å². The van der Waals surface area contributed by atoms with Crippen molar-refractivity contribution < 1.29 is 36.9 Å². The number of aliphatic carboxylic acids is 2. The second-order valence-corrected chi connectivity index (χ2v) is 9.74. The molecular formula is C27H45MnN5O4-2.